The topological polar surface area (TPSA) is 64.5 Å². The Hall–Kier alpha value is -8.15. The van der Waals surface area contributed by atoms with Crippen molar-refractivity contribution in [3.63, 3.8) is 0 Å². The first-order valence-corrected chi connectivity index (χ1v) is 20.0. The SMILES string of the molecule is c1ccc(-c2cc(-c3cc(-c4cc(-c5ccccc5)nc(-c5ccccc5)n4)cc(-c4cc(-c5ccccc5)nc(-c5ccccc5)n4)c3)cc(-c3ccccc3)n2)cc1. The van der Waals surface area contributed by atoms with Crippen LogP contribution in [0.15, 0.2) is 224 Å². The van der Waals surface area contributed by atoms with Crippen LogP contribution in [0.25, 0.3) is 101 Å². The van der Waals surface area contributed by atoms with Gasteiger partial charge >= 0.3 is 0 Å². The van der Waals surface area contributed by atoms with Gasteiger partial charge < -0.3 is 0 Å². The second kappa shape index (κ2) is 16.4. The standard InChI is InChI=1S/C55H37N5/c1-7-19-38(20-8-1)48-34-45(35-49(56-48)39-21-9-2-10-22-39)44-31-46(52-36-50(40-23-11-3-12-24-40)57-54(59-52)42-27-15-5-16-28-42)33-47(32-44)53-37-51(41-25-13-4-14-26-41)58-55(60-53)43-29-17-6-18-30-43/h1-37H. The van der Waals surface area contributed by atoms with Gasteiger partial charge in [-0.15, -0.1) is 0 Å². The number of aromatic nitrogens is 5. The number of benzene rings is 7. The molecule has 3 heterocycles. The number of nitrogens with zero attached hydrogens (tertiary/aromatic N) is 5. The third-order valence-electron chi connectivity index (χ3n) is 10.5. The van der Waals surface area contributed by atoms with Crippen LogP contribution < -0.4 is 0 Å². The fourth-order valence-corrected chi connectivity index (χ4v) is 7.44. The molecule has 0 radical (unpaired) electrons. The first kappa shape index (κ1) is 36.2. The molecule has 3 aromatic heterocycles. The normalized spacial score (nSPS) is 11.0. The second-order valence-corrected chi connectivity index (χ2v) is 14.5. The van der Waals surface area contributed by atoms with E-state index in [4.69, 9.17) is 24.9 Å². The van der Waals surface area contributed by atoms with Gasteiger partial charge in [0.15, 0.2) is 11.6 Å². The van der Waals surface area contributed by atoms with E-state index in [0.29, 0.717) is 11.6 Å². The van der Waals surface area contributed by atoms with E-state index in [1.807, 2.05) is 84.9 Å². The van der Waals surface area contributed by atoms with Gasteiger partial charge in [-0.1, -0.05) is 182 Å². The van der Waals surface area contributed by atoms with Crippen LogP contribution in [0.3, 0.4) is 0 Å². The Morgan fingerprint density at radius 3 is 0.717 bits per heavy atom. The van der Waals surface area contributed by atoms with Crippen molar-refractivity contribution in [2.45, 2.75) is 0 Å². The van der Waals surface area contributed by atoms with Crippen LogP contribution in [0.5, 0.6) is 0 Å². The summed E-state index contributed by atoms with van der Waals surface area (Å²) in [7, 11) is 0. The highest BCUT2D eigenvalue weighted by Crippen LogP contribution is 2.38. The lowest BCUT2D eigenvalue weighted by Gasteiger charge is -2.15. The Labute approximate surface area is 349 Å². The highest BCUT2D eigenvalue weighted by atomic mass is 14.9. The van der Waals surface area contributed by atoms with Crippen LogP contribution >= 0.6 is 0 Å². The highest BCUT2D eigenvalue weighted by molar-refractivity contribution is 5.85. The molecule has 0 aliphatic carbocycles. The van der Waals surface area contributed by atoms with Crippen molar-refractivity contribution < 1.29 is 0 Å². The molecule has 0 unspecified atom stereocenters. The van der Waals surface area contributed by atoms with Crippen molar-refractivity contribution in [2.24, 2.45) is 0 Å². The largest absolute Gasteiger partial charge is 0.248 e. The Kier molecular flexibility index (Phi) is 9.88. The molecule has 0 fully saturated rings. The monoisotopic (exact) mass is 767 g/mol. The highest BCUT2D eigenvalue weighted by Gasteiger charge is 2.17. The van der Waals surface area contributed by atoms with Crippen LogP contribution in [0.4, 0.5) is 0 Å². The maximum Gasteiger partial charge on any atom is 0.160 e. The lowest BCUT2D eigenvalue weighted by atomic mass is 9.94. The fraction of sp³-hybridized carbons (Fsp3) is 0. The van der Waals surface area contributed by atoms with E-state index < -0.39 is 0 Å². The van der Waals surface area contributed by atoms with Gasteiger partial charge in [0.1, 0.15) is 0 Å². The molecular formula is C55H37N5. The summed E-state index contributed by atoms with van der Waals surface area (Å²) in [6.45, 7) is 0. The minimum atomic E-state index is 0.653. The molecule has 60 heavy (non-hydrogen) atoms. The molecule has 0 atom stereocenters. The predicted molar refractivity (Wildman–Crippen MR) is 244 cm³/mol. The molecule has 0 spiro atoms. The van der Waals surface area contributed by atoms with Gasteiger partial charge in [-0.2, -0.15) is 0 Å². The zero-order chi connectivity index (χ0) is 40.1. The molecule has 5 heteroatoms. The molecule has 282 valence electrons. The van der Waals surface area contributed by atoms with Gasteiger partial charge in [-0.05, 0) is 53.6 Å². The van der Waals surface area contributed by atoms with Crippen LogP contribution in [0, 0.1) is 0 Å². The van der Waals surface area contributed by atoms with E-state index in [0.717, 1.165) is 89.8 Å². The molecule has 0 aliphatic rings. The number of rotatable bonds is 9. The maximum absolute atomic E-state index is 5.27. The van der Waals surface area contributed by atoms with E-state index in [1.54, 1.807) is 0 Å². The van der Waals surface area contributed by atoms with Gasteiger partial charge in [0.05, 0.1) is 34.2 Å². The second-order valence-electron chi connectivity index (χ2n) is 14.5. The van der Waals surface area contributed by atoms with Crippen molar-refractivity contribution in [3.05, 3.63) is 224 Å². The number of pyridine rings is 1. The predicted octanol–water partition coefficient (Wildman–Crippen LogP) is 13.7. The maximum atomic E-state index is 5.27. The van der Waals surface area contributed by atoms with Crippen molar-refractivity contribution in [1.82, 2.24) is 24.9 Å². The molecular weight excluding hydrogens is 731 g/mol. The van der Waals surface area contributed by atoms with Crippen molar-refractivity contribution in [2.75, 3.05) is 0 Å². The lowest BCUT2D eigenvalue weighted by Crippen LogP contribution is -1.98. The zero-order valence-electron chi connectivity index (χ0n) is 32.6. The fourth-order valence-electron chi connectivity index (χ4n) is 7.44. The first-order chi connectivity index (χ1) is 29.7. The van der Waals surface area contributed by atoms with Crippen LogP contribution in [0.2, 0.25) is 0 Å². The number of hydrogen-bond donors (Lipinski definition) is 0. The van der Waals surface area contributed by atoms with Crippen LogP contribution in [0.1, 0.15) is 0 Å². The molecule has 7 aromatic carbocycles. The third-order valence-corrected chi connectivity index (χ3v) is 10.5. The number of hydrogen-bond acceptors (Lipinski definition) is 5. The quantitative estimate of drug-likeness (QED) is 0.146. The van der Waals surface area contributed by atoms with E-state index in [1.165, 1.54) is 0 Å². The van der Waals surface area contributed by atoms with Gasteiger partial charge in [0.2, 0.25) is 0 Å². The summed E-state index contributed by atoms with van der Waals surface area (Å²) < 4.78 is 0. The van der Waals surface area contributed by atoms with Gasteiger partial charge in [0.25, 0.3) is 0 Å². The summed E-state index contributed by atoms with van der Waals surface area (Å²) in [5.74, 6) is 1.31. The molecule has 10 aromatic rings. The third kappa shape index (κ3) is 7.76. The summed E-state index contributed by atoms with van der Waals surface area (Å²) in [5, 5.41) is 0. The molecule has 0 amide bonds. The van der Waals surface area contributed by atoms with Gasteiger partial charge in [0, 0.05) is 44.5 Å². The summed E-state index contributed by atoms with van der Waals surface area (Å²) in [6, 6.07) is 76.8. The van der Waals surface area contributed by atoms with E-state index in [2.05, 4.69) is 140 Å². The Bertz CT molecular complexity index is 2530. The Balaban J connectivity index is 1.24. The summed E-state index contributed by atoms with van der Waals surface area (Å²) in [6.07, 6.45) is 0. The van der Waals surface area contributed by atoms with E-state index >= 15 is 0 Å². The summed E-state index contributed by atoms with van der Waals surface area (Å²) in [5.41, 5.74) is 14.9. The Morgan fingerprint density at radius 1 is 0.167 bits per heavy atom. The van der Waals surface area contributed by atoms with Crippen LogP contribution in [-0.4, -0.2) is 24.9 Å². The average Bonchev–Trinajstić information content (AvgIpc) is 3.35. The average molecular weight is 768 g/mol. The molecule has 0 saturated heterocycles. The van der Waals surface area contributed by atoms with Crippen molar-refractivity contribution in [3.8, 4) is 101 Å². The van der Waals surface area contributed by atoms with E-state index in [9.17, 15) is 0 Å². The minimum Gasteiger partial charge on any atom is -0.248 e. The lowest BCUT2D eigenvalue weighted by molar-refractivity contribution is 1.18. The molecule has 0 bridgehead atoms. The zero-order valence-corrected chi connectivity index (χ0v) is 32.6. The summed E-state index contributed by atoms with van der Waals surface area (Å²) >= 11 is 0. The minimum absolute atomic E-state index is 0.653. The summed E-state index contributed by atoms with van der Waals surface area (Å²) in [4.78, 5) is 25.9. The van der Waals surface area contributed by atoms with Crippen molar-refractivity contribution in [1.29, 1.82) is 0 Å². The van der Waals surface area contributed by atoms with Crippen molar-refractivity contribution >= 4 is 0 Å². The molecule has 0 aliphatic heterocycles. The van der Waals surface area contributed by atoms with E-state index in [-0.39, 0.29) is 0 Å². The first-order valence-electron chi connectivity index (χ1n) is 20.0. The molecule has 0 saturated carbocycles. The molecule has 5 nitrogen and oxygen atoms in total. The smallest absolute Gasteiger partial charge is 0.160 e. The molecule has 10 rings (SSSR count). The molecule has 0 N–H and O–H groups in total. The van der Waals surface area contributed by atoms with Crippen LogP contribution in [-0.2, 0) is 0 Å². The van der Waals surface area contributed by atoms with Gasteiger partial charge in [-0.3, -0.25) is 0 Å². The Morgan fingerprint density at radius 2 is 0.400 bits per heavy atom. The van der Waals surface area contributed by atoms with Gasteiger partial charge in [-0.25, -0.2) is 24.9 Å².